The Kier molecular flexibility index (Phi) is 4.55. The molecule has 0 aliphatic carbocycles. The van der Waals surface area contributed by atoms with Gasteiger partial charge in [-0.3, -0.25) is 4.79 Å². The summed E-state index contributed by atoms with van der Waals surface area (Å²) >= 11 is 1.28. The van der Waals surface area contributed by atoms with Crippen LogP contribution in [0.5, 0.6) is 0 Å². The maximum atomic E-state index is 11.2. The Morgan fingerprint density at radius 3 is 2.65 bits per heavy atom. The first-order valence-corrected chi connectivity index (χ1v) is 8.14. The number of anilines is 1. The molecule has 2 N–H and O–H groups in total. The van der Waals surface area contributed by atoms with E-state index in [2.05, 4.69) is 22.0 Å². The molecule has 1 aliphatic heterocycles. The lowest BCUT2D eigenvalue weighted by Gasteiger charge is -2.28. The average Bonchev–Trinajstić information content (AvgIpc) is 3.06. The van der Waals surface area contributed by atoms with Gasteiger partial charge in [-0.2, -0.15) is 5.26 Å². The number of hydrogen-bond acceptors (Lipinski definition) is 6. The monoisotopic (exact) mass is 328 g/mol. The van der Waals surface area contributed by atoms with Gasteiger partial charge in [-0.1, -0.05) is 12.1 Å². The number of hydrogen-bond donors (Lipinski definition) is 1. The minimum absolute atomic E-state index is 0.437. The van der Waals surface area contributed by atoms with Crippen molar-refractivity contribution in [2.24, 2.45) is 5.73 Å². The minimum atomic E-state index is -0.985. The van der Waals surface area contributed by atoms with Gasteiger partial charge in [0.2, 0.25) is 5.91 Å². The zero-order chi connectivity index (χ0) is 16.2. The third-order valence-electron chi connectivity index (χ3n) is 3.72. The Balaban J connectivity index is 1.78. The normalized spacial score (nSPS) is 15.9. The standard InChI is InChI=1S/C16H16N4O2S/c17-9-13(15(18)21)16-19-14(10-23-16)11-1-3-12(4-2-11)20-5-7-22-8-6-20/h1-4,10,13H,5-8H2,(H2,18,21). The predicted molar refractivity (Wildman–Crippen MR) is 88.1 cm³/mol. The Bertz CT molecular complexity index is 729. The van der Waals surface area contributed by atoms with E-state index in [4.69, 9.17) is 15.7 Å². The van der Waals surface area contributed by atoms with Crippen molar-refractivity contribution in [1.29, 1.82) is 5.26 Å². The number of benzene rings is 1. The van der Waals surface area contributed by atoms with Crippen LogP contribution in [0.1, 0.15) is 10.9 Å². The lowest BCUT2D eigenvalue weighted by Crippen LogP contribution is -2.36. The van der Waals surface area contributed by atoms with Crippen molar-refractivity contribution in [3.8, 4) is 17.3 Å². The molecule has 1 saturated heterocycles. The summed E-state index contributed by atoms with van der Waals surface area (Å²) in [5.41, 5.74) is 8.07. The molecule has 7 heteroatoms. The van der Waals surface area contributed by atoms with E-state index in [9.17, 15) is 4.79 Å². The lowest BCUT2D eigenvalue weighted by atomic mass is 10.1. The van der Waals surface area contributed by atoms with E-state index in [-0.39, 0.29) is 0 Å². The van der Waals surface area contributed by atoms with Crippen molar-refractivity contribution < 1.29 is 9.53 Å². The molecule has 0 bridgehead atoms. The first-order chi connectivity index (χ1) is 11.2. The van der Waals surface area contributed by atoms with E-state index in [1.165, 1.54) is 11.3 Å². The number of carbonyl (C=O) groups excluding carboxylic acids is 1. The summed E-state index contributed by atoms with van der Waals surface area (Å²) < 4.78 is 5.35. The van der Waals surface area contributed by atoms with E-state index in [0.29, 0.717) is 5.01 Å². The van der Waals surface area contributed by atoms with Crippen LogP contribution in [0.15, 0.2) is 29.6 Å². The first kappa shape index (κ1) is 15.5. The van der Waals surface area contributed by atoms with E-state index in [0.717, 1.165) is 43.2 Å². The molecule has 1 amide bonds. The van der Waals surface area contributed by atoms with Crippen molar-refractivity contribution in [3.05, 3.63) is 34.7 Å². The number of thiazole rings is 1. The lowest BCUT2D eigenvalue weighted by molar-refractivity contribution is -0.118. The fraction of sp³-hybridized carbons (Fsp3) is 0.312. The largest absolute Gasteiger partial charge is 0.378 e. The molecule has 1 aromatic heterocycles. The molecule has 0 radical (unpaired) electrons. The van der Waals surface area contributed by atoms with Crippen molar-refractivity contribution >= 4 is 22.9 Å². The van der Waals surface area contributed by atoms with Gasteiger partial charge in [-0.15, -0.1) is 11.3 Å². The highest BCUT2D eigenvalue weighted by Gasteiger charge is 2.21. The fourth-order valence-corrected chi connectivity index (χ4v) is 3.34. The molecular formula is C16H16N4O2S. The van der Waals surface area contributed by atoms with Gasteiger partial charge in [-0.05, 0) is 12.1 Å². The number of rotatable bonds is 4. The van der Waals surface area contributed by atoms with Gasteiger partial charge in [0.15, 0.2) is 5.92 Å². The second-order valence-corrected chi connectivity index (χ2v) is 6.07. The van der Waals surface area contributed by atoms with E-state index < -0.39 is 11.8 Å². The summed E-state index contributed by atoms with van der Waals surface area (Å²) in [6.07, 6.45) is 0. The van der Waals surface area contributed by atoms with Crippen LogP contribution in [0.4, 0.5) is 5.69 Å². The molecular weight excluding hydrogens is 312 g/mol. The highest BCUT2D eigenvalue weighted by Crippen LogP contribution is 2.28. The number of morpholine rings is 1. The summed E-state index contributed by atoms with van der Waals surface area (Å²) in [5.74, 6) is -1.66. The Labute approximate surface area is 138 Å². The number of primary amides is 1. The molecule has 0 spiro atoms. The van der Waals surface area contributed by atoms with Crippen molar-refractivity contribution in [2.45, 2.75) is 5.92 Å². The van der Waals surface area contributed by atoms with Crippen LogP contribution in [0.25, 0.3) is 11.3 Å². The molecule has 0 saturated carbocycles. The molecule has 2 aromatic rings. The van der Waals surface area contributed by atoms with Crippen LogP contribution < -0.4 is 10.6 Å². The summed E-state index contributed by atoms with van der Waals surface area (Å²) in [5, 5.41) is 11.3. The smallest absolute Gasteiger partial charge is 0.241 e. The zero-order valence-corrected chi connectivity index (χ0v) is 13.3. The van der Waals surface area contributed by atoms with Crippen molar-refractivity contribution in [2.75, 3.05) is 31.2 Å². The molecule has 2 heterocycles. The molecule has 6 nitrogen and oxygen atoms in total. The maximum Gasteiger partial charge on any atom is 0.241 e. The molecule has 3 rings (SSSR count). The van der Waals surface area contributed by atoms with Crippen molar-refractivity contribution in [3.63, 3.8) is 0 Å². The third kappa shape index (κ3) is 3.33. The average molecular weight is 328 g/mol. The van der Waals surface area contributed by atoms with Gasteiger partial charge in [0.25, 0.3) is 0 Å². The molecule has 1 atom stereocenters. The molecule has 1 fully saturated rings. The van der Waals surface area contributed by atoms with Gasteiger partial charge in [0.05, 0.1) is 25.0 Å². The first-order valence-electron chi connectivity index (χ1n) is 7.26. The second kappa shape index (κ2) is 6.77. The number of nitriles is 1. The highest BCUT2D eigenvalue weighted by atomic mass is 32.1. The maximum absolute atomic E-state index is 11.2. The second-order valence-electron chi connectivity index (χ2n) is 5.18. The van der Waals surface area contributed by atoms with Crippen LogP contribution in [0.2, 0.25) is 0 Å². The van der Waals surface area contributed by atoms with Crippen LogP contribution in [0, 0.1) is 11.3 Å². The van der Waals surface area contributed by atoms with E-state index in [1.54, 1.807) is 0 Å². The molecule has 1 aliphatic rings. The van der Waals surface area contributed by atoms with Crippen LogP contribution >= 0.6 is 11.3 Å². The number of aromatic nitrogens is 1. The summed E-state index contributed by atoms with van der Waals surface area (Å²) in [4.78, 5) is 17.9. The van der Waals surface area contributed by atoms with Gasteiger partial charge < -0.3 is 15.4 Å². The number of nitrogens with two attached hydrogens (primary N) is 1. The topological polar surface area (TPSA) is 92.2 Å². The molecule has 118 valence electrons. The van der Waals surface area contributed by atoms with Gasteiger partial charge in [0.1, 0.15) is 5.01 Å². The van der Waals surface area contributed by atoms with Crippen LogP contribution in [-0.4, -0.2) is 37.2 Å². The summed E-state index contributed by atoms with van der Waals surface area (Å²) in [7, 11) is 0. The zero-order valence-electron chi connectivity index (χ0n) is 12.4. The van der Waals surface area contributed by atoms with Gasteiger partial charge in [0, 0.05) is 29.7 Å². The summed E-state index contributed by atoms with van der Waals surface area (Å²) in [6, 6.07) is 9.98. The fourth-order valence-electron chi connectivity index (χ4n) is 2.46. The number of carbonyl (C=O) groups is 1. The summed E-state index contributed by atoms with van der Waals surface area (Å²) in [6.45, 7) is 3.28. The Morgan fingerprint density at radius 2 is 2.04 bits per heavy atom. The van der Waals surface area contributed by atoms with Gasteiger partial charge in [-0.25, -0.2) is 4.98 Å². The van der Waals surface area contributed by atoms with E-state index in [1.807, 2.05) is 23.6 Å². The van der Waals surface area contributed by atoms with Crippen LogP contribution in [-0.2, 0) is 9.53 Å². The quantitative estimate of drug-likeness (QED) is 0.923. The third-order valence-corrected chi connectivity index (χ3v) is 4.63. The minimum Gasteiger partial charge on any atom is -0.378 e. The van der Waals surface area contributed by atoms with Crippen molar-refractivity contribution in [1.82, 2.24) is 4.98 Å². The Hall–Kier alpha value is -2.43. The predicted octanol–water partition coefficient (Wildman–Crippen LogP) is 1.74. The highest BCUT2D eigenvalue weighted by molar-refractivity contribution is 7.10. The van der Waals surface area contributed by atoms with Crippen LogP contribution in [0.3, 0.4) is 0 Å². The molecule has 23 heavy (non-hydrogen) atoms. The number of ether oxygens (including phenoxy) is 1. The SMILES string of the molecule is N#CC(C(N)=O)c1nc(-c2ccc(N3CCOCC3)cc2)cs1. The molecule has 1 aromatic carbocycles. The number of amides is 1. The van der Waals surface area contributed by atoms with E-state index >= 15 is 0 Å². The number of nitrogens with zero attached hydrogens (tertiary/aromatic N) is 3. The molecule has 1 unspecified atom stereocenters. The Morgan fingerprint density at radius 1 is 1.35 bits per heavy atom. The van der Waals surface area contributed by atoms with Gasteiger partial charge >= 0.3 is 0 Å².